The predicted octanol–water partition coefficient (Wildman–Crippen LogP) is 6.68. The zero-order chi connectivity index (χ0) is 37.4. The number of hydrogen-bond acceptors (Lipinski definition) is 10. The molecule has 4 aromatic heterocycles. The molecule has 0 saturated carbocycles. The van der Waals surface area contributed by atoms with Gasteiger partial charge in [-0.2, -0.15) is 0 Å². The number of aromatic nitrogens is 2. The molecule has 0 bridgehead atoms. The first-order valence-corrected chi connectivity index (χ1v) is 19.6. The van der Waals surface area contributed by atoms with Crippen LogP contribution in [0.4, 0.5) is 0 Å². The average molecular weight is 757 g/mol. The molecule has 0 amide bonds. The Labute approximate surface area is 315 Å². The van der Waals surface area contributed by atoms with Crippen LogP contribution in [0.5, 0.6) is 0 Å². The lowest BCUT2D eigenvalue weighted by Crippen LogP contribution is -2.25. The number of carbonyl (C=O) groups is 2. The first-order chi connectivity index (χ1) is 26.2. The zero-order valence-electron chi connectivity index (χ0n) is 29.4. The van der Waals surface area contributed by atoms with Crippen LogP contribution in [-0.4, -0.2) is 34.3 Å². The number of nitrogens with zero attached hydrogens (tertiary/aromatic N) is 2. The third-order valence-electron chi connectivity index (χ3n) is 10.5. The lowest BCUT2D eigenvalue weighted by Gasteiger charge is -2.10. The number of benzene rings is 3. The van der Waals surface area contributed by atoms with Crippen molar-refractivity contribution < 1.29 is 19.1 Å². The minimum Gasteiger partial charge on any atom is -0.462 e. The Hall–Kier alpha value is -5.72. The van der Waals surface area contributed by atoms with Crippen LogP contribution in [0.3, 0.4) is 0 Å². The maximum Gasteiger partial charge on any atom is 0.341 e. The van der Waals surface area contributed by atoms with E-state index < -0.39 is 34.2 Å². The van der Waals surface area contributed by atoms with Crippen LogP contribution in [0.2, 0.25) is 0 Å². The molecule has 0 aliphatic heterocycles. The van der Waals surface area contributed by atoms with E-state index in [-0.39, 0.29) is 55.9 Å². The van der Waals surface area contributed by atoms with Gasteiger partial charge in [0.15, 0.2) is 0 Å². The van der Waals surface area contributed by atoms with Crippen molar-refractivity contribution in [3.05, 3.63) is 134 Å². The van der Waals surface area contributed by atoms with Crippen LogP contribution in [0.15, 0.2) is 79.8 Å². The first kappa shape index (κ1) is 34.1. The van der Waals surface area contributed by atoms with E-state index >= 15 is 0 Å². The van der Waals surface area contributed by atoms with E-state index in [0.717, 1.165) is 66.8 Å². The van der Waals surface area contributed by atoms with Crippen molar-refractivity contribution in [2.75, 3.05) is 13.2 Å². The minimum atomic E-state index is -0.710. The fourth-order valence-electron chi connectivity index (χ4n) is 8.14. The van der Waals surface area contributed by atoms with Crippen molar-refractivity contribution >= 4 is 56.2 Å². The summed E-state index contributed by atoms with van der Waals surface area (Å²) in [7, 11) is 0. The summed E-state index contributed by atoms with van der Waals surface area (Å²) in [6.07, 6.45) is 4.55. The second-order valence-electron chi connectivity index (χ2n) is 13.5. The van der Waals surface area contributed by atoms with Gasteiger partial charge in [-0.3, -0.25) is 19.2 Å². The highest BCUT2D eigenvalue weighted by Crippen LogP contribution is 2.45. The summed E-state index contributed by atoms with van der Waals surface area (Å²) in [4.78, 5) is 86.3. The molecule has 54 heavy (non-hydrogen) atoms. The molecule has 0 N–H and O–H groups in total. The molecule has 10 nitrogen and oxygen atoms in total. The van der Waals surface area contributed by atoms with Gasteiger partial charge in [0.05, 0.1) is 34.8 Å². The van der Waals surface area contributed by atoms with E-state index in [9.17, 15) is 28.8 Å². The SMILES string of the molecule is CCOC(=O)c1c(-n2c(=O)c3cc4c(=O)n(-c5sc6c(c5C(=O)OCC)-c5ccccc5CCC6)c(=O)c4cc3c2=O)sc2c1-c1ccccc1CCC2. The van der Waals surface area contributed by atoms with Crippen molar-refractivity contribution in [2.24, 2.45) is 0 Å². The van der Waals surface area contributed by atoms with E-state index in [1.165, 1.54) is 34.8 Å². The summed E-state index contributed by atoms with van der Waals surface area (Å²) < 4.78 is 12.9. The monoisotopic (exact) mass is 756 g/mol. The van der Waals surface area contributed by atoms with Gasteiger partial charge >= 0.3 is 11.9 Å². The van der Waals surface area contributed by atoms with Crippen LogP contribution < -0.4 is 22.2 Å². The van der Waals surface area contributed by atoms with Crippen molar-refractivity contribution in [1.29, 1.82) is 0 Å². The van der Waals surface area contributed by atoms with Crippen molar-refractivity contribution in [3.63, 3.8) is 0 Å². The summed E-state index contributed by atoms with van der Waals surface area (Å²) >= 11 is 2.42. The van der Waals surface area contributed by atoms with E-state index in [0.29, 0.717) is 24.0 Å². The summed E-state index contributed by atoms with van der Waals surface area (Å²) in [5.41, 5.74) is 2.63. The molecule has 0 fully saturated rings. The average Bonchev–Trinajstić information content (AvgIpc) is 3.78. The largest absolute Gasteiger partial charge is 0.462 e. The highest BCUT2D eigenvalue weighted by Gasteiger charge is 2.34. The lowest BCUT2D eigenvalue weighted by molar-refractivity contribution is 0.0518. The molecular formula is C42H32N2O8S2. The zero-order valence-corrected chi connectivity index (χ0v) is 31.0. The Bertz CT molecular complexity index is 2680. The second-order valence-corrected chi connectivity index (χ2v) is 15.6. The molecule has 0 saturated heterocycles. The van der Waals surface area contributed by atoms with Crippen LogP contribution in [0.25, 0.3) is 53.8 Å². The second kappa shape index (κ2) is 13.0. The number of fused-ring (bicyclic) bond motifs is 8. The Morgan fingerprint density at radius 3 is 1.31 bits per heavy atom. The molecule has 4 heterocycles. The third-order valence-corrected chi connectivity index (χ3v) is 12.9. The van der Waals surface area contributed by atoms with Crippen LogP contribution in [0.1, 0.15) is 68.3 Å². The van der Waals surface area contributed by atoms with E-state index in [1.54, 1.807) is 13.8 Å². The molecule has 0 radical (unpaired) electrons. The van der Waals surface area contributed by atoms with Gasteiger partial charge in [-0.15, -0.1) is 22.7 Å². The number of esters is 2. The number of aryl methyl sites for hydroxylation is 4. The van der Waals surface area contributed by atoms with Crippen LogP contribution in [0, 0.1) is 0 Å². The number of hydrogen-bond donors (Lipinski definition) is 0. The van der Waals surface area contributed by atoms with Gasteiger partial charge in [-0.1, -0.05) is 48.5 Å². The lowest BCUT2D eigenvalue weighted by atomic mass is 9.97. The van der Waals surface area contributed by atoms with Crippen LogP contribution in [-0.2, 0) is 35.2 Å². The minimum absolute atomic E-state index is 0.0536. The summed E-state index contributed by atoms with van der Waals surface area (Å²) in [6, 6.07) is 18.2. The van der Waals surface area contributed by atoms with Gasteiger partial charge in [0, 0.05) is 20.9 Å². The smallest absolute Gasteiger partial charge is 0.341 e. The molecule has 3 aromatic carbocycles. The standard InChI is InChI=1S/C42H32N2O8S2/c1-3-51-41(49)33-31-23-15-7-5-11-21(23)13-9-17-29(31)53-39(33)43-35(45)25-19-27-28(20-26(25)36(43)46)38(48)44(37(27)47)40-34(42(50)52-4-2)32-24-16-8-6-12-22(24)14-10-18-30(32)54-40/h5-8,11-12,15-16,19-20H,3-4,9-10,13-14,17-18H2,1-2H3. The normalized spacial score (nSPS) is 13.5. The van der Waals surface area contributed by atoms with Gasteiger partial charge in [-0.25, -0.2) is 18.7 Å². The van der Waals surface area contributed by atoms with Crippen molar-refractivity contribution in [2.45, 2.75) is 52.4 Å². The summed E-state index contributed by atoms with van der Waals surface area (Å²) in [6.45, 7) is 3.58. The van der Waals surface area contributed by atoms with E-state index in [4.69, 9.17) is 9.47 Å². The maximum absolute atomic E-state index is 14.3. The molecule has 9 rings (SSSR count). The molecular weight excluding hydrogens is 725 g/mol. The van der Waals surface area contributed by atoms with E-state index in [2.05, 4.69) is 0 Å². The molecule has 2 aliphatic rings. The number of ether oxygens (including phenoxy) is 2. The maximum atomic E-state index is 14.3. The third kappa shape index (κ3) is 4.96. The molecule has 0 spiro atoms. The summed E-state index contributed by atoms with van der Waals surface area (Å²) in [5, 5.41) is 0.0914. The molecule has 2 aliphatic carbocycles. The van der Waals surface area contributed by atoms with Crippen molar-refractivity contribution in [1.82, 2.24) is 9.13 Å². The highest BCUT2D eigenvalue weighted by molar-refractivity contribution is 7.16. The number of carbonyl (C=O) groups excluding carboxylic acids is 2. The quantitative estimate of drug-likeness (QED) is 0.172. The van der Waals surface area contributed by atoms with E-state index in [1.807, 2.05) is 48.5 Å². The van der Waals surface area contributed by atoms with Crippen molar-refractivity contribution in [3.8, 4) is 32.3 Å². The molecule has 0 atom stereocenters. The van der Waals surface area contributed by atoms with Gasteiger partial charge < -0.3 is 9.47 Å². The first-order valence-electron chi connectivity index (χ1n) is 18.0. The number of rotatable bonds is 6. The Balaban J connectivity index is 1.27. The fraction of sp³-hybridized carbons (Fsp3) is 0.238. The fourth-order valence-corrected chi connectivity index (χ4v) is 10.8. The van der Waals surface area contributed by atoms with Gasteiger partial charge in [0.25, 0.3) is 22.2 Å². The highest BCUT2D eigenvalue weighted by atomic mass is 32.1. The topological polar surface area (TPSA) is 131 Å². The van der Waals surface area contributed by atoms with Gasteiger partial charge in [-0.05, 0) is 86.8 Å². The Kier molecular flexibility index (Phi) is 8.20. The van der Waals surface area contributed by atoms with Gasteiger partial charge in [0.2, 0.25) is 0 Å². The Morgan fingerprint density at radius 2 is 0.944 bits per heavy atom. The van der Waals surface area contributed by atoms with Gasteiger partial charge in [0.1, 0.15) is 21.1 Å². The number of thiophene rings is 2. The van der Waals surface area contributed by atoms with Crippen LogP contribution >= 0.6 is 22.7 Å². The Morgan fingerprint density at radius 1 is 0.574 bits per heavy atom. The predicted molar refractivity (Wildman–Crippen MR) is 210 cm³/mol. The molecule has 7 aromatic rings. The summed E-state index contributed by atoms with van der Waals surface area (Å²) in [5.74, 6) is -1.28. The molecule has 12 heteroatoms. The molecule has 0 unspecified atom stereocenters. The molecule has 270 valence electrons.